The molecule has 1 heterocycles. The lowest BCUT2D eigenvalue weighted by Crippen LogP contribution is -2.34. The monoisotopic (exact) mass is 195 g/mol. The normalized spacial score (nSPS) is 24.2. The van der Waals surface area contributed by atoms with Crippen molar-refractivity contribution in [1.29, 1.82) is 0 Å². The van der Waals surface area contributed by atoms with Crippen LogP contribution in [-0.4, -0.2) is 30.8 Å². The van der Waals surface area contributed by atoms with Gasteiger partial charge in [-0.1, -0.05) is 19.1 Å². The third-order valence-electron chi connectivity index (χ3n) is 2.92. The standard InChI is InChI=1S/C12H21NO/c1-2-13-9-6-8-12(11-13)7-4-3-5-10-14/h3-4,10,12H,2,5-9,11H2,1H3/b4-3-. The second-order valence-corrected chi connectivity index (χ2v) is 4.01. The molecule has 80 valence electrons. The van der Waals surface area contributed by atoms with E-state index in [4.69, 9.17) is 0 Å². The molecule has 1 fully saturated rings. The maximum Gasteiger partial charge on any atom is 0.123 e. The molecule has 1 aliphatic rings. The highest BCUT2D eigenvalue weighted by Crippen LogP contribution is 2.19. The zero-order valence-corrected chi connectivity index (χ0v) is 9.11. The maximum absolute atomic E-state index is 10.1. The molecular weight excluding hydrogens is 174 g/mol. The number of carbonyl (C=O) groups is 1. The van der Waals surface area contributed by atoms with E-state index in [0.717, 1.165) is 18.6 Å². The van der Waals surface area contributed by atoms with Crippen LogP contribution in [0.2, 0.25) is 0 Å². The largest absolute Gasteiger partial charge is 0.303 e. The third kappa shape index (κ3) is 4.05. The predicted octanol–water partition coefficient (Wildman–Crippen LogP) is 2.25. The molecule has 0 N–H and O–H groups in total. The van der Waals surface area contributed by atoms with Gasteiger partial charge in [-0.3, -0.25) is 0 Å². The zero-order chi connectivity index (χ0) is 10.2. The Labute approximate surface area is 87.0 Å². The predicted molar refractivity (Wildman–Crippen MR) is 59.3 cm³/mol. The quantitative estimate of drug-likeness (QED) is 0.495. The van der Waals surface area contributed by atoms with Gasteiger partial charge in [0.15, 0.2) is 0 Å². The number of nitrogens with zero attached hydrogens (tertiary/aromatic N) is 1. The second-order valence-electron chi connectivity index (χ2n) is 4.01. The fourth-order valence-electron chi connectivity index (χ4n) is 2.07. The molecule has 0 amide bonds. The van der Waals surface area contributed by atoms with Crippen LogP contribution in [0.5, 0.6) is 0 Å². The zero-order valence-electron chi connectivity index (χ0n) is 9.11. The lowest BCUT2D eigenvalue weighted by Gasteiger charge is -2.31. The Bertz CT molecular complexity index is 189. The molecule has 2 heteroatoms. The fourth-order valence-corrected chi connectivity index (χ4v) is 2.07. The molecule has 0 aromatic rings. The summed E-state index contributed by atoms with van der Waals surface area (Å²) in [5.41, 5.74) is 0. The van der Waals surface area contributed by atoms with Crippen LogP contribution in [0.1, 0.15) is 32.6 Å². The van der Waals surface area contributed by atoms with Crippen molar-refractivity contribution in [3.63, 3.8) is 0 Å². The van der Waals surface area contributed by atoms with Crippen LogP contribution in [0, 0.1) is 5.92 Å². The average molecular weight is 195 g/mol. The molecule has 1 rings (SSSR count). The van der Waals surface area contributed by atoms with Gasteiger partial charge in [0.1, 0.15) is 6.29 Å². The lowest BCUT2D eigenvalue weighted by atomic mass is 9.94. The number of hydrogen-bond acceptors (Lipinski definition) is 2. The molecule has 0 aromatic heterocycles. The van der Waals surface area contributed by atoms with E-state index in [1.165, 1.54) is 32.5 Å². The highest BCUT2D eigenvalue weighted by molar-refractivity contribution is 5.51. The first-order valence-electron chi connectivity index (χ1n) is 5.67. The third-order valence-corrected chi connectivity index (χ3v) is 2.92. The summed E-state index contributed by atoms with van der Waals surface area (Å²) in [7, 11) is 0. The number of likely N-dealkylation sites (tertiary alicyclic amines) is 1. The average Bonchev–Trinajstić information content (AvgIpc) is 2.25. The van der Waals surface area contributed by atoms with E-state index in [9.17, 15) is 4.79 Å². The number of rotatable bonds is 5. The molecule has 0 aliphatic carbocycles. The molecule has 0 saturated carbocycles. The summed E-state index contributed by atoms with van der Waals surface area (Å²) in [5, 5.41) is 0. The van der Waals surface area contributed by atoms with Gasteiger partial charge >= 0.3 is 0 Å². The van der Waals surface area contributed by atoms with Crippen molar-refractivity contribution in [3.05, 3.63) is 12.2 Å². The summed E-state index contributed by atoms with van der Waals surface area (Å²) in [5.74, 6) is 0.812. The van der Waals surface area contributed by atoms with Gasteiger partial charge in [0, 0.05) is 13.0 Å². The van der Waals surface area contributed by atoms with Gasteiger partial charge in [-0.15, -0.1) is 0 Å². The van der Waals surface area contributed by atoms with E-state index >= 15 is 0 Å². The van der Waals surface area contributed by atoms with Crippen molar-refractivity contribution < 1.29 is 4.79 Å². The molecular formula is C12H21NO. The van der Waals surface area contributed by atoms with Gasteiger partial charge in [0.25, 0.3) is 0 Å². The number of allylic oxidation sites excluding steroid dienone is 2. The molecule has 1 atom stereocenters. The minimum atomic E-state index is 0.574. The van der Waals surface area contributed by atoms with E-state index in [0.29, 0.717) is 6.42 Å². The Morgan fingerprint density at radius 3 is 3.00 bits per heavy atom. The Hall–Kier alpha value is -0.630. The number of aldehydes is 1. The molecule has 14 heavy (non-hydrogen) atoms. The first-order valence-corrected chi connectivity index (χ1v) is 5.67. The second kappa shape index (κ2) is 6.77. The summed E-state index contributed by atoms with van der Waals surface area (Å²) >= 11 is 0. The molecule has 0 radical (unpaired) electrons. The number of piperidine rings is 1. The SMILES string of the molecule is CCN1CCCC(C/C=C\CC=O)C1. The molecule has 2 nitrogen and oxygen atoms in total. The highest BCUT2D eigenvalue weighted by Gasteiger charge is 2.16. The Morgan fingerprint density at radius 2 is 2.29 bits per heavy atom. The Balaban J connectivity index is 2.20. The molecule has 0 bridgehead atoms. The maximum atomic E-state index is 10.1. The van der Waals surface area contributed by atoms with Crippen LogP contribution in [0.25, 0.3) is 0 Å². The molecule has 0 aromatic carbocycles. The van der Waals surface area contributed by atoms with Crippen molar-refractivity contribution in [2.75, 3.05) is 19.6 Å². The molecule has 1 aliphatic heterocycles. The molecule has 1 unspecified atom stereocenters. The van der Waals surface area contributed by atoms with Gasteiger partial charge in [-0.05, 0) is 38.3 Å². The lowest BCUT2D eigenvalue weighted by molar-refractivity contribution is -0.107. The molecule has 1 saturated heterocycles. The topological polar surface area (TPSA) is 20.3 Å². The first kappa shape index (κ1) is 11.4. The minimum Gasteiger partial charge on any atom is -0.303 e. The van der Waals surface area contributed by atoms with Crippen molar-refractivity contribution >= 4 is 6.29 Å². The van der Waals surface area contributed by atoms with Crippen molar-refractivity contribution in [1.82, 2.24) is 4.90 Å². The van der Waals surface area contributed by atoms with Crippen molar-refractivity contribution in [2.24, 2.45) is 5.92 Å². The Morgan fingerprint density at radius 1 is 1.43 bits per heavy atom. The fraction of sp³-hybridized carbons (Fsp3) is 0.750. The van der Waals surface area contributed by atoms with Gasteiger partial charge in [-0.25, -0.2) is 0 Å². The van der Waals surface area contributed by atoms with E-state index in [1.807, 2.05) is 6.08 Å². The van der Waals surface area contributed by atoms with Crippen LogP contribution >= 0.6 is 0 Å². The van der Waals surface area contributed by atoms with Crippen molar-refractivity contribution in [2.45, 2.75) is 32.6 Å². The summed E-state index contributed by atoms with van der Waals surface area (Å²) in [6.45, 7) is 5.91. The van der Waals surface area contributed by atoms with Gasteiger partial charge < -0.3 is 9.69 Å². The van der Waals surface area contributed by atoms with E-state index in [2.05, 4.69) is 17.9 Å². The minimum absolute atomic E-state index is 0.574. The number of carbonyl (C=O) groups excluding carboxylic acids is 1. The summed E-state index contributed by atoms with van der Waals surface area (Å²) in [4.78, 5) is 12.6. The smallest absolute Gasteiger partial charge is 0.123 e. The highest BCUT2D eigenvalue weighted by atomic mass is 16.1. The molecule has 0 spiro atoms. The number of hydrogen-bond donors (Lipinski definition) is 0. The van der Waals surface area contributed by atoms with Gasteiger partial charge in [0.2, 0.25) is 0 Å². The first-order chi connectivity index (χ1) is 6.86. The van der Waals surface area contributed by atoms with Crippen LogP contribution in [0.15, 0.2) is 12.2 Å². The van der Waals surface area contributed by atoms with Crippen LogP contribution in [-0.2, 0) is 4.79 Å². The summed E-state index contributed by atoms with van der Waals surface area (Å²) in [6, 6.07) is 0. The van der Waals surface area contributed by atoms with E-state index in [1.54, 1.807) is 0 Å². The summed E-state index contributed by atoms with van der Waals surface area (Å²) in [6.07, 6.45) is 9.50. The van der Waals surface area contributed by atoms with Gasteiger partial charge in [0.05, 0.1) is 0 Å². The Kier molecular flexibility index (Phi) is 5.53. The van der Waals surface area contributed by atoms with Crippen LogP contribution in [0.4, 0.5) is 0 Å². The van der Waals surface area contributed by atoms with E-state index < -0.39 is 0 Å². The van der Waals surface area contributed by atoms with Gasteiger partial charge in [-0.2, -0.15) is 0 Å². The van der Waals surface area contributed by atoms with Crippen LogP contribution in [0.3, 0.4) is 0 Å². The summed E-state index contributed by atoms with van der Waals surface area (Å²) < 4.78 is 0. The van der Waals surface area contributed by atoms with Crippen molar-refractivity contribution in [3.8, 4) is 0 Å². The van der Waals surface area contributed by atoms with Crippen LogP contribution < -0.4 is 0 Å². The van der Waals surface area contributed by atoms with E-state index in [-0.39, 0.29) is 0 Å².